The molecule has 0 aromatic carbocycles. The SMILES string of the molecule is O=C(NCC1COCCN1)OCc1ccnc(C(=O)N[C@H]2CCC[C@@H](Nc3nc(-c4c[nH]c5ncc(F)cc45)ncc3F)C2)c1. The molecule has 1 saturated heterocycles. The number of halogens is 2. The first-order chi connectivity index (χ1) is 21.9. The molecule has 1 aliphatic heterocycles. The molecule has 236 valence electrons. The number of carbonyl (C=O) groups excluding carboxylic acids is 2. The van der Waals surface area contributed by atoms with E-state index in [1.54, 1.807) is 18.3 Å². The zero-order chi connectivity index (χ0) is 31.2. The van der Waals surface area contributed by atoms with E-state index in [4.69, 9.17) is 9.47 Å². The van der Waals surface area contributed by atoms with Crippen LogP contribution in [0.4, 0.5) is 19.4 Å². The van der Waals surface area contributed by atoms with Crippen molar-refractivity contribution in [3.05, 3.63) is 65.9 Å². The fourth-order valence-electron chi connectivity index (χ4n) is 5.51. The first-order valence-corrected chi connectivity index (χ1v) is 14.8. The Morgan fingerprint density at radius 3 is 2.87 bits per heavy atom. The number of H-pyrrole nitrogens is 1. The number of ether oxygens (including phenoxy) is 2. The second-order valence-electron chi connectivity index (χ2n) is 11.1. The Balaban J connectivity index is 1.03. The predicted molar refractivity (Wildman–Crippen MR) is 159 cm³/mol. The van der Waals surface area contributed by atoms with Crippen LogP contribution in [0, 0.1) is 11.6 Å². The molecular formula is C30H33F2N9O4. The van der Waals surface area contributed by atoms with Crippen LogP contribution in [0.15, 0.2) is 43.0 Å². The van der Waals surface area contributed by atoms with Gasteiger partial charge in [0.05, 0.1) is 25.6 Å². The predicted octanol–water partition coefficient (Wildman–Crippen LogP) is 3.06. The smallest absolute Gasteiger partial charge is 0.407 e. The van der Waals surface area contributed by atoms with E-state index in [1.165, 1.54) is 12.3 Å². The maximum Gasteiger partial charge on any atom is 0.407 e. The van der Waals surface area contributed by atoms with Crippen LogP contribution in [0.3, 0.4) is 0 Å². The molecule has 2 aliphatic rings. The standard InChI is InChI=1S/C30H33F2N9O4/c31-18-9-22-23(13-36-26(22)35-11-18)27-37-14-24(32)28(41-27)39-19-2-1-3-20(10-19)40-29(42)25-8-17(4-5-34-25)15-45-30(43)38-12-21-16-44-7-6-33-21/h4-5,8-9,11,13-14,19-21,33H,1-3,6-7,10,12,15-16H2,(H,35,36)(H,38,43)(H,40,42)(H,37,39,41)/t19-,20+,21?/m1/s1. The molecule has 2 fully saturated rings. The number of nitrogens with one attached hydrogen (secondary N) is 5. The van der Waals surface area contributed by atoms with Crippen LogP contribution in [0.25, 0.3) is 22.4 Å². The Kier molecular flexibility index (Phi) is 9.35. The maximum atomic E-state index is 14.8. The van der Waals surface area contributed by atoms with Gasteiger partial charge in [-0.3, -0.25) is 9.78 Å². The lowest BCUT2D eigenvalue weighted by Gasteiger charge is -2.30. The number of hydrogen-bond acceptors (Lipinski definition) is 10. The molecule has 0 bridgehead atoms. The summed E-state index contributed by atoms with van der Waals surface area (Å²) in [5, 5.41) is 12.6. The number of alkyl carbamates (subject to hydrolysis) is 1. The highest BCUT2D eigenvalue weighted by molar-refractivity contribution is 5.93. The van der Waals surface area contributed by atoms with Gasteiger partial charge in [0.15, 0.2) is 17.5 Å². The lowest BCUT2D eigenvalue weighted by molar-refractivity contribution is 0.0749. The number of pyridine rings is 2. The van der Waals surface area contributed by atoms with Crippen molar-refractivity contribution in [2.45, 2.75) is 50.4 Å². The molecule has 0 radical (unpaired) electrons. The monoisotopic (exact) mass is 621 g/mol. The number of nitrogens with zero attached hydrogens (tertiary/aromatic N) is 4. The fourth-order valence-corrected chi connectivity index (χ4v) is 5.51. The lowest BCUT2D eigenvalue weighted by atomic mass is 9.91. The van der Waals surface area contributed by atoms with Gasteiger partial charge in [0.1, 0.15) is 23.8 Å². The third kappa shape index (κ3) is 7.67. The normalized spacial score (nSPS) is 20.0. The number of anilines is 1. The summed E-state index contributed by atoms with van der Waals surface area (Å²) in [4.78, 5) is 44.8. The van der Waals surface area contributed by atoms with E-state index in [0.717, 1.165) is 38.2 Å². The second kappa shape index (κ2) is 13.9. The van der Waals surface area contributed by atoms with Gasteiger partial charge in [-0.05, 0) is 49.4 Å². The number of carbonyl (C=O) groups is 2. The topological polar surface area (TPSA) is 168 Å². The van der Waals surface area contributed by atoms with Gasteiger partial charge in [-0.2, -0.15) is 0 Å². The molecule has 1 aliphatic carbocycles. The summed E-state index contributed by atoms with van der Waals surface area (Å²) in [5.41, 5.74) is 1.79. The average Bonchev–Trinajstić information content (AvgIpc) is 3.47. The molecule has 6 rings (SSSR count). The quantitative estimate of drug-likeness (QED) is 0.187. The molecule has 2 amide bonds. The first kappa shape index (κ1) is 30.3. The molecule has 13 nitrogen and oxygen atoms in total. The fraction of sp³-hybridized carbons (Fsp3) is 0.400. The zero-order valence-corrected chi connectivity index (χ0v) is 24.3. The number of fused-ring (bicyclic) bond motifs is 1. The lowest BCUT2D eigenvalue weighted by Crippen LogP contribution is -2.48. The highest BCUT2D eigenvalue weighted by Gasteiger charge is 2.26. The van der Waals surface area contributed by atoms with Crippen LogP contribution >= 0.6 is 0 Å². The van der Waals surface area contributed by atoms with Crippen molar-refractivity contribution >= 4 is 28.9 Å². The number of aromatic amines is 1. The molecule has 5 N–H and O–H groups in total. The maximum absolute atomic E-state index is 14.8. The molecule has 1 unspecified atom stereocenters. The van der Waals surface area contributed by atoms with Crippen molar-refractivity contribution in [1.82, 2.24) is 40.9 Å². The van der Waals surface area contributed by atoms with Gasteiger partial charge in [-0.15, -0.1) is 0 Å². The minimum atomic E-state index is -0.620. The van der Waals surface area contributed by atoms with Crippen LogP contribution in [0.5, 0.6) is 0 Å². The van der Waals surface area contributed by atoms with Crippen molar-refractivity contribution in [3.8, 4) is 11.4 Å². The molecule has 15 heteroatoms. The van der Waals surface area contributed by atoms with Crippen LogP contribution in [0.2, 0.25) is 0 Å². The van der Waals surface area contributed by atoms with E-state index in [9.17, 15) is 18.4 Å². The summed E-state index contributed by atoms with van der Waals surface area (Å²) in [5.74, 6) is -1.23. The Labute approximate surface area is 256 Å². The number of rotatable bonds is 9. The molecule has 4 aromatic heterocycles. The van der Waals surface area contributed by atoms with Crippen LogP contribution in [-0.4, -0.2) is 81.3 Å². The summed E-state index contributed by atoms with van der Waals surface area (Å²) in [6.07, 6.45) is 7.56. The Bertz CT molecular complexity index is 1660. The van der Waals surface area contributed by atoms with Gasteiger partial charge in [0.2, 0.25) is 0 Å². The van der Waals surface area contributed by atoms with E-state index in [0.29, 0.717) is 48.3 Å². The zero-order valence-electron chi connectivity index (χ0n) is 24.3. The summed E-state index contributed by atoms with van der Waals surface area (Å²) in [6.45, 7) is 2.27. The summed E-state index contributed by atoms with van der Waals surface area (Å²) < 4.78 is 39.2. The van der Waals surface area contributed by atoms with Gasteiger partial charge in [-0.25, -0.2) is 28.5 Å². The summed E-state index contributed by atoms with van der Waals surface area (Å²) in [6, 6.07) is 4.27. The summed E-state index contributed by atoms with van der Waals surface area (Å²) in [7, 11) is 0. The summed E-state index contributed by atoms with van der Waals surface area (Å²) >= 11 is 0. The Morgan fingerprint density at radius 1 is 1.11 bits per heavy atom. The molecule has 4 aromatic rings. The number of aromatic nitrogens is 5. The van der Waals surface area contributed by atoms with Gasteiger partial charge in [-0.1, -0.05) is 0 Å². The number of amides is 2. The highest BCUT2D eigenvalue weighted by Crippen LogP contribution is 2.28. The van der Waals surface area contributed by atoms with Crippen LogP contribution < -0.4 is 21.3 Å². The van der Waals surface area contributed by atoms with Crippen molar-refractivity contribution < 1.29 is 27.8 Å². The van der Waals surface area contributed by atoms with Crippen molar-refractivity contribution in [2.24, 2.45) is 0 Å². The van der Waals surface area contributed by atoms with Crippen LogP contribution in [-0.2, 0) is 16.1 Å². The first-order valence-electron chi connectivity index (χ1n) is 14.8. The largest absolute Gasteiger partial charge is 0.445 e. The minimum absolute atomic E-state index is 0.0187. The van der Waals surface area contributed by atoms with Crippen LogP contribution in [0.1, 0.15) is 41.7 Å². The van der Waals surface area contributed by atoms with E-state index < -0.39 is 17.7 Å². The van der Waals surface area contributed by atoms with Gasteiger partial charge < -0.3 is 35.7 Å². The molecule has 1 saturated carbocycles. The van der Waals surface area contributed by atoms with E-state index in [-0.39, 0.29) is 48.0 Å². The number of morpholine rings is 1. The molecule has 45 heavy (non-hydrogen) atoms. The Morgan fingerprint density at radius 2 is 2.00 bits per heavy atom. The third-order valence-corrected chi connectivity index (χ3v) is 7.75. The highest BCUT2D eigenvalue weighted by atomic mass is 19.1. The minimum Gasteiger partial charge on any atom is -0.445 e. The second-order valence-corrected chi connectivity index (χ2v) is 11.1. The van der Waals surface area contributed by atoms with Gasteiger partial charge in [0, 0.05) is 54.6 Å². The van der Waals surface area contributed by atoms with Crippen molar-refractivity contribution in [3.63, 3.8) is 0 Å². The number of hydrogen-bond donors (Lipinski definition) is 5. The molecule has 5 heterocycles. The van der Waals surface area contributed by atoms with Gasteiger partial charge in [0.25, 0.3) is 5.91 Å². The molecule has 0 spiro atoms. The average molecular weight is 622 g/mol. The van der Waals surface area contributed by atoms with E-state index in [1.807, 2.05) is 0 Å². The van der Waals surface area contributed by atoms with Crippen molar-refractivity contribution in [1.29, 1.82) is 0 Å². The van der Waals surface area contributed by atoms with Crippen molar-refractivity contribution in [2.75, 3.05) is 31.6 Å². The Hall–Kier alpha value is -4.76. The molecule has 3 atom stereocenters. The molecular weight excluding hydrogens is 588 g/mol. The van der Waals surface area contributed by atoms with Gasteiger partial charge >= 0.3 is 6.09 Å². The van der Waals surface area contributed by atoms with E-state index in [2.05, 4.69) is 46.2 Å². The van der Waals surface area contributed by atoms with E-state index >= 15 is 0 Å². The third-order valence-electron chi connectivity index (χ3n) is 7.75.